The summed E-state index contributed by atoms with van der Waals surface area (Å²) in [5.41, 5.74) is 0.845. The quantitative estimate of drug-likeness (QED) is 0.631. The molecule has 6 heteroatoms. The summed E-state index contributed by atoms with van der Waals surface area (Å²) < 4.78 is 0.413. The fourth-order valence-electron chi connectivity index (χ4n) is 1.33. The number of carboxylic acids is 1. The molecule has 17 heavy (non-hydrogen) atoms. The number of amides is 1. The van der Waals surface area contributed by atoms with Crippen LogP contribution in [0.1, 0.15) is 15.9 Å². The number of thiocarbonyl (C=S) groups is 1. The minimum absolute atomic E-state index is 0.185. The van der Waals surface area contributed by atoms with Gasteiger partial charge >= 0.3 is 5.97 Å². The molecular weight excluding hydrogens is 258 g/mol. The molecule has 1 aliphatic rings. The minimum Gasteiger partial charge on any atom is -0.478 e. The van der Waals surface area contributed by atoms with Crippen molar-refractivity contribution in [2.45, 2.75) is 0 Å². The highest BCUT2D eigenvalue weighted by Gasteiger charge is 2.21. The summed E-state index contributed by atoms with van der Waals surface area (Å²) in [6.45, 7) is 0. The zero-order valence-electron chi connectivity index (χ0n) is 8.47. The van der Waals surface area contributed by atoms with Crippen molar-refractivity contribution < 1.29 is 14.7 Å². The smallest absolute Gasteiger partial charge is 0.335 e. The van der Waals surface area contributed by atoms with Crippen LogP contribution in [0.25, 0.3) is 6.08 Å². The fourth-order valence-corrected chi connectivity index (χ4v) is 2.38. The number of carbonyl (C=O) groups excluding carboxylic acids is 1. The van der Waals surface area contributed by atoms with Crippen LogP contribution >= 0.6 is 24.0 Å². The zero-order valence-corrected chi connectivity index (χ0v) is 10.1. The van der Waals surface area contributed by atoms with Gasteiger partial charge in [0.2, 0.25) is 0 Å². The van der Waals surface area contributed by atoms with Gasteiger partial charge in [-0.25, -0.2) is 4.79 Å². The molecule has 1 heterocycles. The van der Waals surface area contributed by atoms with E-state index < -0.39 is 5.97 Å². The molecule has 2 rings (SSSR count). The lowest BCUT2D eigenvalue weighted by atomic mass is 10.1. The number of carboxylic acid groups (broad SMARTS) is 1. The van der Waals surface area contributed by atoms with Crippen molar-refractivity contribution in [1.82, 2.24) is 5.32 Å². The molecule has 0 spiro atoms. The molecule has 0 aromatic heterocycles. The van der Waals surface area contributed by atoms with E-state index in [9.17, 15) is 9.59 Å². The van der Waals surface area contributed by atoms with Crippen LogP contribution in [0.15, 0.2) is 29.2 Å². The second-order valence-corrected chi connectivity index (χ2v) is 5.00. The molecule has 0 saturated carbocycles. The van der Waals surface area contributed by atoms with Gasteiger partial charge in [0.05, 0.1) is 10.5 Å². The van der Waals surface area contributed by atoms with E-state index in [4.69, 9.17) is 17.3 Å². The van der Waals surface area contributed by atoms with E-state index >= 15 is 0 Å². The Morgan fingerprint density at radius 2 is 2.24 bits per heavy atom. The first-order valence-electron chi connectivity index (χ1n) is 4.64. The topological polar surface area (TPSA) is 66.4 Å². The number of hydrogen-bond acceptors (Lipinski definition) is 4. The molecule has 0 radical (unpaired) electrons. The van der Waals surface area contributed by atoms with Crippen LogP contribution in [0.4, 0.5) is 0 Å². The molecular formula is C11H7NO3S2. The molecule has 1 fully saturated rings. The molecule has 86 valence electrons. The Balaban J connectivity index is 2.33. The molecule has 1 aliphatic heterocycles. The van der Waals surface area contributed by atoms with Crippen molar-refractivity contribution in [2.24, 2.45) is 0 Å². The maximum Gasteiger partial charge on any atom is 0.335 e. The van der Waals surface area contributed by atoms with E-state index in [2.05, 4.69) is 5.32 Å². The maximum atomic E-state index is 11.4. The zero-order chi connectivity index (χ0) is 12.4. The van der Waals surface area contributed by atoms with E-state index in [0.717, 1.165) is 0 Å². The molecule has 1 saturated heterocycles. The molecule has 1 aromatic rings. The van der Waals surface area contributed by atoms with Gasteiger partial charge in [-0.1, -0.05) is 36.1 Å². The van der Waals surface area contributed by atoms with Crippen molar-refractivity contribution in [1.29, 1.82) is 0 Å². The second-order valence-electron chi connectivity index (χ2n) is 3.28. The number of nitrogens with one attached hydrogen (secondary N) is 1. The Morgan fingerprint density at radius 1 is 1.47 bits per heavy atom. The highest BCUT2D eigenvalue weighted by molar-refractivity contribution is 8.26. The lowest BCUT2D eigenvalue weighted by Crippen LogP contribution is -2.17. The SMILES string of the molecule is O=C1NC(=S)S/C1=C/c1cccc(C(=O)O)c1. The lowest BCUT2D eigenvalue weighted by molar-refractivity contribution is -0.115. The predicted octanol–water partition coefficient (Wildman–Crippen LogP) is 1.87. The van der Waals surface area contributed by atoms with Gasteiger partial charge in [0.1, 0.15) is 4.32 Å². The largest absolute Gasteiger partial charge is 0.478 e. The number of thioether (sulfide) groups is 1. The Bertz CT molecular complexity index is 551. The summed E-state index contributed by atoms with van der Waals surface area (Å²) >= 11 is 6.02. The van der Waals surface area contributed by atoms with Crippen LogP contribution in [0.2, 0.25) is 0 Å². The van der Waals surface area contributed by atoms with Crippen LogP contribution in [0.3, 0.4) is 0 Å². The standard InChI is InChI=1S/C11H7NO3S2/c13-9-8(17-11(16)12-9)5-6-2-1-3-7(4-6)10(14)15/h1-5H,(H,14,15)(H,12,13,16)/b8-5+. The molecule has 0 atom stereocenters. The van der Waals surface area contributed by atoms with Gasteiger partial charge in [-0.05, 0) is 23.8 Å². The van der Waals surface area contributed by atoms with Crippen LogP contribution < -0.4 is 5.32 Å². The van der Waals surface area contributed by atoms with Crippen molar-refractivity contribution in [3.05, 3.63) is 40.3 Å². The molecule has 0 bridgehead atoms. The summed E-state index contributed by atoms with van der Waals surface area (Å²) in [7, 11) is 0. The van der Waals surface area contributed by atoms with Crippen LogP contribution in [0, 0.1) is 0 Å². The normalized spacial score (nSPS) is 17.3. The van der Waals surface area contributed by atoms with Gasteiger partial charge in [0.15, 0.2) is 0 Å². The monoisotopic (exact) mass is 265 g/mol. The fraction of sp³-hybridized carbons (Fsp3) is 0. The minimum atomic E-state index is -0.996. The summed E-state index contributed by atoms with van der Waals surface area (Å²) in [5, 5.41) is 11.3. The summed E-state index contributed by atoms with van der Waals surface area (Å²) in [5.74, 6) is -1.25. The molecule has 0 unspecified atom stereocenters. The van der Waals surface area contributed by atoms with Crippen LogP contribution in [-0.2, 0) is 4.79 Å². The van der Waals surface area contributed by atoms with E-state index in [0.29, 0.717) is 14.8 Å². The highest BCUT2D eigenvalue weighted by atomic mass is 32.2. The summed E-state index contributed by atoms with van der Waals surface area (Å²) in [6.07, 6.45) is 1.62. The Kier molecular flexibility index (Phi) is 3.26. The van der Waals surface area contributed by atoms with Crippen molar-refractivity contribution in [2.75, 3.05) is 0 Å². The maximum absolute atomic E-state index is 11.4. The van der Waals surface area contributed by atoms with E-state index in [1.807, 2.05) is 0 Å². The number of benzene rings is 1. The average molecular weight is 265 g/mol. The number of rotatable bonds is 2. The third-order valence-corrected chi connectivity index (χ3v) is 3.24. The van der Waals surface area contributed by atoms with Crippen molar-refractivity contribution in [3.63, 3.8) is 0 Å². The first-order chi connectivity index (χ1) is 8.06. The van der Waals surface area contributed by atoms with Crippen molar-refractivity contribution in [3.8, 4) is 0 Å². The summed E-state index contributed by atoms with van der Waals surface area (Å²) in [4.78, 5) is 22.7. The van der Waals surface area contributed by atoms with Gasteiger partial charge in [0.25, 0.3) is 5.91 Å². The summed E-state index contributed by atoms with van der Waals surface area (Å²) in [6, 6.07) is 6.36. The second kappa shape index (κ2) is 4.68. The van der Waals surface area contributed by atoms with Gasteiger partial charge in [-0.3, -0.25) is 4.79 Å². The molecule has 1 amide bonds. The van der Waals surface area contributed by atoms with E-state index in [1.165, 1.54) is 23.9 Å². The lowest BCUT2D eigenvalue weighted by Gasteiger charge is -1.97. The first kappa shape index (κ1) is 11.8. The van der Waals surface area contributed by atoms with Gasteiger partial charge < -0.3 is 10.4 Å². The highest BCUT2D eigenvalue weighted by Crippen LogP contribution is 2.25. The van der Waals surface area contributed by atoms with Gasteiger partial charge in [-0.15, -0.1) is 0 Å². The predicted molar refractivity (Wildman–Crippen MR) is 69.7 cm³/mol. The Hall–Kier alpha value is -1.66. The van der Waals surface area contributed by atoms with Crippen molar-refractivity contribution >= 4 is 46.3 Å². The molecule has 4 nitrogen and oxygen atoms in total. The first-order valence-corrected chi connectivity index (χ1v) is 5.87. The average Bonchev–Trinajstić information content (AvgIpc) is 2.58. The van der Waals surface area contributed by atoms with E-state index in [1.54, 1.807) is 18.2 Å². The van der Waals surface area contributed by atoms with Gasteiger partial charge in [-0.2, -0.15) is 0 Å². The van der Waals surface area contributed by atoms with E-state index in [-0.39, 0.29) is 11.5 Å². The third kappa shape index (κ3) is 2.72. The number of hydrogen-bond donors (Lipinski definition) is 2. The molecule has 0 aliphatic carbocycles. The molecule has 1 aromatic carbocycles. The Labute approximate surface area is 107 Å². The van der Waals surface area contributed by atoms with Crippen LogP contribution in [0.5, 0.6) is 0 Å². The molecule has 2 N–H and O–H groups in total. The van der Waals surface area contributed by atoms with Crippen LogP contribution in [-0.4, -0.2) is 21.3 Å². The Morgan fingerprint density at radius 3 is 2.82 bits per heavy atom. The number of aromatic carboxylic acids is 1. The number of carbonyl (C=O) groups is 2. The van der Waals surface area contributed by atoms with Gasteiger partial charge in [0, 0.05) is 0 Å². The third-order valence-electron chi connectivity index (χ3n) is 2.07.